The van der Waals surface area contributed by atoms with Crippen molar-refractivity contribution in [3.05, 3.63) is 0 Å². The molecule has 0 spiro atoms. The summed E-state index contributed by atoms with van der Waals surface area (Å²) in [4.78, 5) is 0. The highest BCUT2D eigenvalue weighted by molar-refractivity contribution is 5.85. The normalized spacial score (nSPS) is 8.18. The zero-order chi connectivity index (χ0) is 6.95. The monoisotopic (exact) mass is 204 g/mol. The van der Waals surface area contributed by atoms with Gasteiger partial charge in [-0.3, -0.25) is 0 Å². The fraction of sp³-hybridized carbons (Fsp3) is 1.00. The maximum Gasteiger partial charge on any atom is 0.0443 e. The Hall–Kier alpha value is 0.460. The average Bonchev–Trinajstić information content (AvgIpc) is 1.89. The van der Waals surface area contributed by atoms with E-state index in [1.54, 1.807) is 0 Å². The van der Waals surface area contributed by atoms with Gasteiger partial charge in [0.25, 0.3) is 0 Å². The molecule has 0 radical (unpaired) electrons. The van der Waals surface area contributed by atoms with Crippen LogP contribution in [-0.2, 0) is 0 Å². The largest absolute Gasteiger partial charge is 0.396 e. The van der Waals surface area contributed by atoms with Crippen molar-refractivity contribution in [1.29, 1.82) is 0 Å². The minimum atomic E-state index is 0. The van der Waals surface area contributed by atoms with Gasteiger partial charge in [0, 0.05) is 6.61 Å². The lowest BCUT2D eigenvalue weighted by atomic mass is 10.4. The topological polar surface area (TPSA) is 58.3 Å². The molecule has 0 aliphatic carbocycles. The highest BCUT2D eigenvalue weighted by Crippen LogP contribution is 1.73. The van der Waals surface area contributed by atoms with E-state index in [0.29, 0.717) is 0 Å². The highest BCUT2D eigenvalue weighted by Gasteiger charge is 1.83. The van der Waals surface area contributed by atoms with Crippen LogP contribution in [0, 0.1) is 0 Å². The number of hydrogen-bond acceptors (Lipinski definition) is 3. The fourth-order valence-electron chi connectivity index (χ4n) is 0.556. The summed E-state index contributed by atoms with van der Waals surface area (Å²) in [5, 5.41) is 11.5. The molecule has 0 aliphatic heterocycles. The summed E-state index contributed by atoms with van der Waals surface area (Å²) in [7, 11) is 0. The van der Waals surface area contributed by atoms with Crippen molar-refractivity contribution in [2.24, 2.45) is 5.73 Å². The molecule has 0 fully saturated rings. The van der Waals surface area contributed by atoms with E-state index in [4.69, 9.17) is 10.8 Å². The summed E-state index contributed by atoms with van der Waals surface area (Å²) in [5.74, 6) is 0. The Morgan fingerprint density at radius 2 is 1.64 bits per heavy atom. The summed E-state index contributed by atoms with van der Waals surface area (Å²) < 4.78 is 0. The van der Waals surface area contributed by atoms with Crippen molar-refractivity contribution in [3.63, 3.8) is 0 Å². The second kappa shape index (κ2) is 16.8. The SMILES string of the molecule is Cl.Cl.NCCCNCCCO. The van der Waals surface area contributed by atoms with Gasteiger partial charge in [-0.1, -0.05) is 0 Å². The number of aliphatic hydroxyl groups excluding tert-OH is 1. The van der Waals surface area contributed by atoms with Gasteiger partial charge in [0.15, 0.2) is 0 Å². The molecule has 11 heavy (non-hydrogen) atoms. The number of halogens is 2. The number of nitrogens with two attached hydrogens (primary N) is 1. The van der Waals surface area contributed by atoms with Crippen LogP contribution < -0.4 is 11.1 Å². The molecule has 0 amide bonds. The Morgan fingerprint density at radius 1 is 1.09 bits per heavy atom. The predicted octanol–water partition coefficient (Wildman–Crippen LogP) is 0.151. The van der Waals surface area contributed by atoms with Crippen LogP contribution in [0.2, 0.25) is 0 Å². The molecule has 0 aliphatic rings. The predicted molar refractivity (Wildman–Crippen MR) is 52.7 cm³/mol. The quantitative estimate of drug-likeness (QED) is 0.541. The van der Waals surface area contributed by atoms with Crippen LogP contribution in [0.1, 0.15) is 12.8 Å². The number of rotatable bonds is 6. The number of aliphatic hydroxyl groups is 1. The van der Waals surface area contributed by atoms with E-state index in [-0.39, 0.29) is 31.4 Å². The standard InChI is InChI=1S/C6H16N2O.2ClH/c7-3-1-4-8-5-2-6-9;;/h8-9H,1-7H2;2*1H. The summed E-state index contributed by atoms with van der Waals surface area (Å²) in [5.41, 5.74) is 5.25. The molecular weight excluding hydrogens is 187 g/mol. The molecule has 72 valence electrons. The van der Waals surface area contributed by atoms with E-state index in [2.05, 4.69) is 5.32 Å². The fourth-order valence-corrected chi connectivity index (χ4v) is 0.556. The molecular formula is C6H18Cl2N2O. The summed E-state index contributed by atoms with van der Waals surface area (Å²) in [6.45, 7) is 2.88. The Morgan fingerprint density at radius 3 is 2.09 bits per heavy atom. The first kappa shape index (κ1) is 17.5. The van der Waals surface area contributed by atoms with Crippen LogP contribution in [0.4, 0.5) is 0 Å². The Labute approximate surface area is 80.6 Å². The third kappa shape index (κ3) is 17.9. The van der Waals surface area contributed by atoms with E-state index in [9.17, 15) is 0 Å². The minimum Gasteiger partial charge on any atom is -0.396 e. The van der Waals surface area contributed by atoms with Crippen molar-refractivity contribution < 1.29 is 5.11 Å². The van der Waals surface area contributed by atoms with Gasteiger partial charge in [0.05, 0.1) is 0 Å². The van der Waals surface area contributed by atoms with Crippen molar-refractivity contribution in [2.75, 3.05) is 26.2 Å². The Balaban J connectivity index is -0.000000320. The Bertz CT molecular complexity index is 51.8. The van der Waals surface area contributed by atoms with Crippen molar-refractivity contribution in [3.8, 4) is 0 Å². The summed E-state index contributed by atoms with van der Waals surface area (Å²) >= 11 is 0. The first-order valence-electron chi connectivity index (χ1n) is 3.43. The highest BCUT2D eigenvalue weighted by atomic mass is 35.5. The molecule has 0 aromatic rings. The molecule has 0 rings (SSSR count). The number of hydrogen-bond donors (Lipinski definition) is 3. The molecule has 3 nitrogen and oxygen atoms in total. The van der Waals surface area contributed by atoms with Gasteiger partial charge >= 0.3 is 0 Å². The van der Waals surface area contributed by atoms with Crippen molar-refractivity contribution in [2.45, 2.75) is 12.8 Å². The van der Waals surface area contributed by atoms with Crippen molar-refractivity contribution in [1.82, 2.24) is 5.32 Å². The second-order valence-corrected chi connectivity index (χ2v) is 1.97. The van der Waals surface area contributed by atoms with Gasteiger partial charge < -0.3 is 16.2 Å². The van der Waals surface area contributed by atoms with Crippen LogP contribution in [0.25, 0.3) is 0 Å². The molecule has 5 heteroatoms. The molecule has 0 bridgehead atoms. The van der Waals surface area contributed by atoms with Crippen LogP contribution in [0.5, 0.6) is 0 Å². The second-order valence-electron chi connectivity index (χ2n) is 1.97. The van der Waals surface area contributed by atoms with E-state index in [0.717, 1.165) is 32.5 Å². The molecule has 4 N–H and O–H groups in total. The zero-order valence-corrected chi connectivity index (χ0v) is 8.22. The molecule has 0 saturated carbocycles. The zero-order valence-electron chi connectivity index (χ0n) is 6.58. The van der Waals surface area contributed by atoms with Gasteiger partial charge in [-0.15, -0.1) is 24.8 Å². The van der Waals surface area contributed by atoms with Crippen LogP contribution in [0.3, 0.4) is 0 Å². The lowest BCUT2D eigenvalue weighted by molar-refractivity contribution is 0.286. The van der Waals surface area contributed by atoms with Crippen molar-refractivity contribution >= 4 is 24.8 Å². The smallest absolute Gasteiger partial charge is 0.0443 e. The first-order valence-corrected chi connectivity index (χ1v) is 3.43. The van der Waals surface area contributed by atoms with E-state index in [1.165, 1.54) is 0 Å². The van der Waals surface area contributed by atoms with E-state index >= 15 is 0 Å². The third-order valence-corrected chi connectivity index (χ3v) is 1.07. The third-order valence-electron chi connectivity index (χ3n) is 1.07. The lowest BCUT2D eigenvalue weighted by Gasteiger charge is -1.99. The average molecular weight is 205 g/mol. The van der Waals surface area contributed by atoms with Gasteiger partial charge in [-0.25, -0.2) is 0 Å². The first-order chi connectivity index (χ1) is 4.41. The number of nitrogens with one attached hydrogen (secondary N) is 1. The minimum absolute atomic E-state index is 0. The van der Waals surface area contributed by atoms with Gasteiger partial charge in [0.1, 0.15) is 0 Å². The van der Waals surface area contributed by atoms with Crippen LogP contribution in [-0.4, -0.2) is 31.3 Å². The Kier molecular flexibility index (Phi) is 26.8. The molecule has 0 heterocycles. The maximum absolute atomic E-state index is 8.36. The molecule has 0 aromatic carbocycles. The molecule has 0 unspecified atom stereocenters. The molecule has 0 atom stereocenters. The molecule has 0 saturated heterocycles. The van der Waals surface area contributed by atoms with Gasteiger partial charge in [-0.2, -0.15) is 0 Å². The lowest BCUT2D eigenvalue weighted by Crippen LogP contribution is -2.19. The van der Waals surface area contributed by atoms with Crippen LogP contribution >= 0.6 is 24.8 Å². The van der Waals surface area contributed by atoms with E-state index in [1.807, 2.05) is 0 Å². The summed E-state index contributed by atoms with van der Waals surface area (Å²) in [6.07, 6.45) is 1.86. The van der Waals surface area contributed by atoms with Crippen LogP contribution in [0.15, 0.2) is 0 Å². The van der Waals surface area contributed by atoms with Gasteiger partial charge in [-0.05, 0) is 32.5 Å². The van der Waals surface area contributed by atoms with E-state index < -0.39 is 0 Å². The molecule has 0 aromatic heterocycles. The van der Waals surface area contributed by atoms with Gasteiger partial charge in [0.2, 0.25) is 0 Å². The summed E-state index contributed by atoms with van der Waals surface area (Å²) in [6, 6.07) is 0. The maximum atomic E-state index is 8.36.